The third-order valence-electron chi connectivity index (χ3n) is 4.78. The number of hydrogen-bond acceptors (Lipinski definition) is 7. The monoisotopic (exact) mass is 432 g/mol. The molecule has 0 N–H and O–H groups in total. The lowest BCUT2D eigenvalue weighted by Crippen LogP contribution is -2.04. The first kappa shape index (κ1) is 22.9. The molecule has 0 saturated heterocycles. The van der Waals surface area contributed by atoms with Gasteiger partial charge in [0.25, 0.3) is 0 Å². The number of para-hydroxylation sites is 1. The minimum Gasteiger partial charge on any atom is -0.496 e. The van der Waals surface area contributed by atoms with Crippen LogP contribution in [-0.2, 0) is 16.1 Å². The maximum absolute atomic E-state index is 5.53. The molecule has 0 aliphatic heterocycles. The Morgan fingerprint density at radius 1 is 0.812 bits per heavy atom. The van der Waals surface area contributed by atoms with E-state index in [-0.39, 0.29) is 0 Å². The molecule has 7 heteroatoms. The van der Waals surface area contributed by atoms with Gasteiger partial charge in [0.2, 0.25) is 0 Å². The van der Waals surface area contributed by atoms with Crippen molar-refractivity contribution in [2.45, 2.75) is 26.7 Å². The second-order valence-electron chi connectivity index (χ2n) is 7.10. The van der Waals surface area contributed by atoms with Crippen LogP contribution in [-0.4, -0.2) is 42.2 Å². The van der Waals surface area contributed by atoms with Crippen molar-refractivity contribution >= 4 is 11.4 Å². The Bertz CT molecular complexity index is 1100. The predicted molar refractivity (Wildman–Crippen MR) is 126 cm³/mol. The molecule has 0 atom stereocenters. The summed E-state index contributed by atoms with van der Waals surface area (Å²) in [6.07, 6.45) is 1.58. The van der Waals surface area contributed by atoms with Crippen LogP contribution < -0.4 is 4.74 Å². The zero-order chi connectivity index (χ0) is 22.8. The molecular weight excluding hydrogens is 404 g/mol. The van der Waals surface area contributed by atoms with Gasteiger partial charge in [-0.1, -0.05) is 34.6 Å². The van der Waals surface area contributed by atoms with Crippen molar-refractivity contribution in [2.75, 3.05) is 20.8 Å². The van der Waals surface area contributed by atoms with E-state index in [0.29, 0.717) is 12.3 Å². The second kappa shape index (κ2) is 11.6. The largest absolute Gasteiger partial charge is 0.496 e. The van der Waals surface area contributed by atoms with Crippen molar-refractivity contribution in [1.29, 1.82) is 0 Å². The Labute approximate surface area is 188 Å². The molecule has 0 aliphatic rings. The van der Waals surface area contributed by atoms with Gasteiger partial charge in [-0.2, -0.15) is 0 Å². The van der Waals surface area contributed by atoms with Gasteiger partial charge in [0.15, 0.2) is 0 Å². The highest BCUT2D eigenvalue weighted by Gasteiger charge is 2.08. The van der Waals surface area contributed by atoms with Crippen molar-refractivity contribution in [2.24, 2.45) is 10.3 Å². The minimum atomic E-state index is 0.487. The number of methoxy groups -OCH3 is 1. The standard InChI is InChI=1S/C25H28N4O3/c1-18(28-31-4)22-13-7-10-20(26-22)11-9-17-32-29-19(2)23-14-8-15-24(27-23)21-12-5-6-16-25(21)30-3/h5-8,10,12-16H,9,11,17H2,1-4H3. The molecular formula is C25H28N4O3. The van der Waals surface area contributed by atoms with Crippen molar-refractivity contribution in [3.8, 4) is 17.0 Å². The normalized spacial score (nSPS) is 11.9. The van der Waals surface area contributed by atoms with Gasteiger partial charge < -0.3 is 14.4 Å². The highest BCUT2D eigenvalue weighted by atomic mass is 16.6. The number of benzene rings is 1. The third-order valence-corrected chi connectivity index (χ3v) is 4.78. The van der Waals surface area contributed by atoms with Crippen LogP contribution in [0.5, 0.6) is 5.75 Å². The van der Waals surface area contributed by atoms with E-state index in [1.54, 1.807) is 7.11 Å². The van der Waals surface area contributed by atoms with E-state index in [1.807, 2.05) is 74.5 Å². The molecule has 1 aromatic carbocycles. The Hall–Kier alpha value is -3.74. The Morgan fingerprint density at radius 2 is 1.53 bits per heavy atom. The first-order valence-corrected chi connectivity index (χ1v) is 10.4. The number of aryl methyl sites for hydroxylation is 1. The number of pyridine rings is 2. The van der Waals surface area contributed by atoms with Gasteiger partial charge >= 0.3 is 0 Å². The van der Waals surface area contributed by atoms with E-state index >= 15 is 0 Å². The summed E-state index contributed by atoms with van der Waals surface area (Å²) in [6, 6.07) is 19.5. The SMILES string of the molecule is CON=C(C)c1cccc(CCCON=C(C)c2cccc(-c3ccccc3OC)n2)n1. The Morgan fingerprint density at radius 3 is 2.31 bits per heavy atom. The molecule has 32 heavy (non-hydrogen) atoms. The topological polar surface area (TPSA) is 78.2 Å². The summed E-state index contributed by atoms with van der Waals surface area (Å²) in [4.78, 5) is 19.7. The van der Waals surface area contributed by atoms with E-state index in [0.717, 1.165) is 52.6 Å². The number of oxime groups is 2. The molecule has 2 heterocycles. The van der Waals surface area contributed by atoms with Crippen molar-refractivity contribution < 1.29 is 14.4 Å². The zero-order valence-corrected chi connectivity index (χ0v) is 18.9. The molecule has 166 valence electrons. The number of hydrogen-bond donors (Lipinski definition) is 0. The molecule has 0 aliphatic carbocycles. The first-order chi connectivity index (χ1) is 15.6. The van der Waals surface area contributed by atoms with Crippen LogP contribution in [0.15, 0.2) is 71.0 Å². The Balaban J connectivity index is 1.57. The summed E-state index contributed by atoms with van der Waals surface area (Å²) < 4.78 is 5.45. The van der Waals surface area contributed by atoms with Crippen LogP contribution in [0, 0.1) is 0 Å². The predicted octanol–water partition coefficient (Wildman–Crippen LogP) is 4.90. The van der Waals surface area contributed by atoms with Gasteiger partial charge in [0, 0.05) is 11.3 Å². The van der Waals surface area contributed by atoms with Crippen molar-refractivity contribution in [3.05, 3.63) is 77.7 Å². The summed E-state index contributed by atoms with van der Waals surface area (Å²) >= 11 is 0. The van der Waals surface area contributed by atoms with Gasteiger partial charge in [-0.15, -0.1) is 0 Å². The fraction of sp³-hybridized carbons (Fsp3) is 0.280. The molecule has 0 bridgehead atoms. The molecule has 2 aromatic heterocycles. The van der Waals surface area contributed by atoms with E-state index in [1.165, 1.54) is 7.11 Å². The molecule has 3 aromatic rings. The van der Waals surface area contributed by atoms with Crippen LogP contribution in [0.2, 0.25) is 0 Å². The average molecular weight is 433 g/mol. The fourth-order valence-corrected chi connectivity index (χ4v) is 3.15. The lowest BCUT2D eigenvalue weighted by Gasteiger charge is -2.09. The van der Waals surface area contributed by atoms with Gasteiger partial charge in [-0.05, 0) is 63.1 Å². The maximum atomic E-state index is 5.53. The molecule has 7 nitrogen and oxygen atoms in total. The molecule has 0 amide bonds. The summed E-state index contributed by atoms with van der Waals surface area (Å²) in [6.45, 7) is 4.24. The van der Waals surface area contributed by atoms with Crippen LogP contribution >= 0.6 is 0 Å². The fourth-order valence-electron chi connectivity index (χ4n) is 3.15. The van der Waals surface area contributed by atoms with E-state index in [4.69, 9.17) is 19.4 Å². The van der Waals surface area contributed by atoms with Crippen LogP contribution in [0.4, 0.5) is 0 Å². The molecule has 0 unspecified atom stereocenters. The lowest BCUT2D eigenvalue weighted by molar-refractivity contribution is 0.141. The van der Waals surface area contributed by atoms with Crippen LogP contribution in [0.25, 0.3) is 11.3 Å². The second-order valence-corrected chi connectivity index (χ2v) is 7.10. The molecule has 0 radical (unpaired) electrons. The van der Waals surface area contributed by atoms with E-state index in [2.05, 4.69) is 15.3 Å². The van der Waals surface area contributed by atoms with E-state index in [9.17, 15) is 0 Å². The number of ether oxygens (including phenoxy) is 1. The number of nitrogens with zero attached hydrogens (tertiary/aromatic N) is 4. The highest BCUT2D eigenvalue weighted by Crippen LogP contribution is 2.28. The number of aromatic nitrogens is 2. The Kier molecular flexibility index (Phi) is 8.31. The number of rotatable bonds is 10. The molecule has 0 saturated carbocycles. The van der Waals surface area contributed by atoms with E-state index < -0.39 is 0 Å². The van der Waals surface area contributed by atoms with Crippen molar-refractivity contribution in [3.63, 3.8) is 0 Å². The molecule has 0 fully saturated rings. The first-order valence-electron chi connectivity index (χ1n) is 10.4. The smallest absolute Gasteiger partial charge is 0.128 e. The summed E-state index contributed by atoms with van der Waals surface area (Å²) in [5.74, 6) is 0.782. The van der Waals surface area contributed by atoms with Gasteiger partial charge in [0.05, 0.1) is 24.2 Å². The molecule has 0 spiro atoms. The van der Waals surface area contributed by atoms with Crippen molar-refractivity contribution in [1.82, 2.24) is 9.97 Å². The third kappa shape index (κ3) is 6.14. The van der Waals surface area contributed by atoms with Gasteiger partial charge in [-0.3, -0.25) is 4.98 Å². The quantitative estimate of drug-likeness (QED) is 0.259. The van der Waals surface area contributed by atoms with Crippen LogP contribution in [0.1, 0.15) is 37.4 Å². The zero-order valence-electron chi connectivity index (χ0n) is 18.9. The minimum absolute atomic E-state index is 0.487. The average Bonchev–Trinajstić information content (AvgIpc) is 2.84. The lowest BCUT2D eigenvalue weighted by atomic mass is 10.1. The molecule has 3 rings (SSSR count). The maximum Gasteiger partial charge on any atom is 0.128 e. The summed E-state index contributed by atoms with van der Waals surface area (Å²) in [5.41, 5.74) is 5.76. The van der Waals surface area contributed by atoms with Gasteiger partial charge in [0.1, 0.15) is 30.9 Å². The van der Waals surface area contributed by atoms with Gasteiger partial charge in [-0.25, -0.2) is 4.98 Å². The van der Waals surface area contributed by atoms with Crippen LogP contribution in [0.3, 0.4) is 0 Å². The highest BCUT2D eigenvalue weighted by molar-refractivity contribution is 5.97. The summed E-state index contributed by atoms with van der Waals surface area (Å²) in [5, 5.41) is 8.17. The summed E-state index contributed by atoms with van der Waals surface area (Å²) in [7, 11) is 3.18.